The molecule has 0 radical (unpaired) electrons. The van der Waals surface area contributed by atoms with Crippen molar-refractivity contribution < 1.29 is 4.79 Å². The summed E-state index contributed by atoms with van der Waals surface area (Å²) in [6.07, 6.45) is 1.70. The van der Waals surface area contributed by atoms with Gasteiger partial charge in [0.1, 0.15) is 6.54 Å². The van der Waals surface area contributed by atoms with E-state index in [0.717, 1.165) is 52.6 Å². The number of fused-ring (bicyclic) bond motifs is 1. The molecule has 4 aromatic rings. The van der Waals surface area contributed by atoms with Gasteiger partial charge < -0.3 is 4.90 Å². The molecular formula is C27H28N4OS. The summed E-state index contributed by atoms with van der Waals surface area (Å²) in [7, 11) is 0. The number of rotatable bonds is 4. The molecule has 1 aliphatic heterocycles. The van der Waals surface area contributed by atoms with Crippen molar-refractivity contribution in [3.05, 3.63) is 81.3 Å². The highest BCUT2D eigenvalue weighted by Gasteiger charge is 2.23. The molecule has 0 N–H and O–H groups in total. The molecule has 2 aromatic carbocycles. The van der Waals surface area contributed by atoms with Crippen LogP contribution in [0, 0.1) is 20.8 Å². The van der Waals surface area contributed by atoms with Crippen LogP contribution in [0.5, 0.6) is 0 Å². The molecule has 0 atom stereocenters. The van der Waals surface area contributed by atoms with Crippen LogP contribution in [0.15, 0.2) is 54.6 Å². The van der Waals surface area contributed by atoms with E-state index >= 15 is 0 Å². The normalized spacial score (nSPS) is 13.6. The fraction of sp³-hybridized carbons (Fsp3) is 0.296. The minimum Gasteiger partial charge on any atom is -0.340 e. The van der Waals surface area contributed by atoms with Crippen LogP contribution >= 0.6 is 11.3 Å². The molecule has 0 saturated heterocycles. The molecule has 2 aromatic heterocycles. The predicted molar refractivity (Wildman–Crippen MR) is 133 cm³/mol. The van der Waals surface area contributed by atoms with E-state index in [0.29, 0.717) is 6.54 Å². The fourth-order valence-corrected chi connectivity index (χ4v) is 5.36. The van der Waals surface area contributed by atoms with Crippen LogP contribution in [0.2, 0.25) is 0 Å². The quantitative estimate of drug-likeness (QED) is 0.423. The molecule has 0 saturated carbocycles. The number of aromatic nitrogens is 3. The van der Waals surface area contributed by atoms with Gasteiger partial charge >= 0.3 is 0 Å². The van der Waals surface area contributed by atoms with Gasteiger partial charge in [-0.2, -0.15) is 5.10 Å². The molecule has 0 unspecified atom stereocenters. The van der Waals surface area contributed by atoms with Gasteiger partial charge in [0.05, 0.1) is 22.1 Å². The standard InChI is InChI=1S/C27H28N4OS/c1-18-9-10-22(15-19(18)2)24-16-25(21-7-5-4-6-8-21)31(29-24)17-27(32)30-13-11-23-26(12-14-30)33-20(3)28-23/h4-10,15-16H,11-14,17H2,1-3H3. The summed E-state index contributed by atoms with van der Waals surface area (Å²) in [6.45, 7) is 7.96. The largest absolute Gasteiger partial charge is 0.340 e. The summed E-state index contributed by atoms with van der Waals surface area (Å²) < 4.78 is 1.87. The second-order valence-corrected chi connectivity index (χ2v) is 10.0. The molecule has 0 bridgehead atoms. The predicted octanol–water partition coefficient (Wildman–Crippen LogP) is 5.23. The van der Waals surface area contributed by atoms with Crippen LogP contribution in [0.4, 0.5) is 0 Å². The Morgan fingerprint density at radius 2 is 1.73 bits per heavy atom. The first-order chi connectivity index (χ1) is 16.0. The Balaban J connectivity index is 1.42. The van der Waals surface area contributed by atoms with E-state index in [9.17, 15) is 4.79 Å². The van der Waals surface area contributed by atoms with Crippen LogP contribution in [0.1, 0.15) is 26.7 Å². The third-order valence-corrected chi connectivity index (χ3v) is 7.48. The number of carbonyl (C=O) groups excluding carboxylic acids is 1. The molecule has 0 aliphatic carbocycles. The molecule has 0 fully saturated rings. The van der Waals surface area contributed by atoms with Crippen LogP contribution in [-0.2, 0) is 24.2 Å². The van der Waals surface area contributed by atoms with E-state index in [1.54, 1.807) is 11.3 Å². The smallest absolute Gasteiger partial charge is 0.244 e. The van der Waals surface area contributed by atoms with E-state index < -0.39 is 0 Å². The molecule has 5 nitrogen and oxygen atoms in total. The van der Waals surface area contributed by atoms with Crippen molar-refractivity contribution in [2.24, 2.45) is 0 Å². The molecule has 33 heavy (non-hydrogen) atoms. The Kier molecular flexibility index (Phi) is 5.85. The lowest BCUT2D eigenvalue weighted by molar-refractivity contribution is -0.131. The first-order valence-electron chi connectivity index (χ1n) is 11.4. The number of nitrogens with zero attached hydrogens (tertiary/aromatic N) is 4. The first-order valence-corrected chi connectivity index (χ1v) is 12.2. The highest BCUT2D eigenvalue weighted by Crippen LogP contribution is 2.28. The Morgan fingerprint density at radius 3 is 2.52 bits per heavy atom. The third-order valence-electron chi connectivity index (χ3n) is 6.40. The molecule has 6 heteroatoms. The Bertz CT molecular complexity index is 1280. The Hall–Kier alpha value is -3.25. The Morgan fingerprint density at radius 1 is 0.939 bits per heavy atom. The van der Waals surface area contributed by atoms with Crippen molar-refractivity contribution in [1.82, 2.24) is 19.7 Å². The highest BCUT2D eigenvalue weighted by atomic mass is 32.1. The van der Waals surface area contributed by atoms with Gasteiger partial charge in [-0.15, -0.1) is 11.3 Å². The number of hydrogen-bond acceptors (Lipinski definition) is 4. The lowest BCUT2D eigenvalue weighted by Gasteiger charge is -2.20. The van der Waals surface area contributed by atoms with Gasteiger partial charge in [-0.25, -0.2) is 4.98 Å². The molecule has 3 heterocycles. The monoisotopic (exact) mass is 456 g/mol. The zero-order valence-corrected chi connectivity index (χ0v) is 20.2. The zero-order valence-electron chi connectivity index (χ0n) is 19.3. The van der Waals surface area contributed by atoms with Gasteiger partial charge in [-0.3, -0.25) is 9.48 Å². The lowest BCUT2D eigenvalue weighted by atomic mass is 10.0. The number of carbonyl (C=O) groups is 1. The van der Waals surface area contributed by atoms with Crippen molar-refractivity contribution in [3.8, 4) is 22.5 Å². The Labute approximate surface area is 198 Å². The van der Waals surface area contributed by atoms with Crippen molar-refractivity contribution >= 4 is 17.2 Å². The van der Waals surface area contributed by atoms with Crippen LogP contribution < -0.4 is 0 Å². The lowest BCUT2D eigenvalue weighted by Crippen LogP contribution is -2.36. The van der Waals surface area contributed by atoms with Crippen molar-refractivity contribution in [3.63, 3.8) is 0 Å². The van der Waals surface area contributed by atoms with Gasteiger partial charge in [0.25, 0.3) is 0 Å². The van der Waals surface area contributed by atoms with Crippen molar-refractivity contribution in [1.29, 1.82) is 0 Å². The maximum Gasteiger partial charge on any atom is 0.244 e. The molecule has 1 aliphatic rings. The summed E-state index contributed by atoms with van der Waals surface area (Å²) in [5.41, 5.74) is 7.64. The van der Waals surface area contributed by atoms with E-state index in [4.69, 9.17) is 5.10 Å². The van der Waals surface area contributed by atoms with Gasteiger partial charge in [-0.1, -0.05) is 42.5 Å². The molecule has 0 spiro atoms. The van der Waals surface area contributed by atoms with Crippen molar-refractivity contribution in [2.75, 3.05) is 13.1 Å². The van der Waals surface area contributed by atoms with Crippen LogP contribution in [0.3, 0.4) is 0 Å². The maximum absolute atomic E-state index is 13.3. The molecule has 168 valence electrons. The number of benzene rings is 2. The second-order valence-electron chi connectivity index (χ2n) is 8.72. The average Bonchev–Trinajstić information content (AvgIpc) is 3.33. The summed E-state index contributed by atoms with van der Waals surface area (Å²) in [4.78, 5) is 21.3. The summed E-state index contributed by atoms with van der Waals surface area (Å²) in [5, 5.41) is 6.00. The van der Waals surface area contributed by atoms with Gasteiger partial charge in [0.15, 0.2) is 0 Å². The van der Waals surface area contributed by atoms with E-state index in [-0.39, 0.29) is 12.5 Å². The molecular weight excluding hydrogens is 428 g/mol. The average molecular weight is 457 g/mol. The third kappa shape index (κ3) is 4.48. The van der Waals surface area contributed by atoms with Gasteiger partial charge in [0, 0.05) is 36.4 Å². The summed E-state index contributed by atoms with van der Waals surface area (Å²) >= 11 is 1.76. The first kappa shape index (κ1) is 21.6. The summed E-state index contributed by atoms with van der Waals surface area (Å²) in [6, 6.07) is 18.7. The van der Waals surface area contributed by atoms with Crippen LogP contribution in [-0.4, -0.2) is 38.7 Å². The number of amides is 1. The minimum atomic E-state index is 0.105. The van der Waals surface area contributed by atoms with E-state index in [1.807, 2.05) is 27.8 Å². The highest BCUT2D eigenvalue weighted by molar-refractivity contribution is 7.11. The zero-order chi connectivity index (χ0) is 22.9. The van der Waals surface area contributed by atoms with Crippen molar-refractivity contribution in [2.45, 2.75) is 40.2 Å². The van der Waals surface area contributed by atoms with Gasteiger partial charge in [0.2, 0.25) is 5.91 Å². The van der Waals surface area contributed by atoms with E-state index in [2.05, 4.69) is 62.2 Å². The molecule has 1 amide bonds. The topological polar surface area (TPSA) is 51.0 Å². The number of hydrogen-bond donors (Lipinski definition) is 0. The number of aryl methyl sites for hydroxylation is 3. The van der Waals surface area contributed by atoms with Gasteiger partial charge in [-0.05, 0) is 49.6 Å². The fourth-order valence-electron chi connectivity index (χ4n) is 4.39. The van der Waals surface area contributed by atoms with Crippen LogP contribution in [0.25, 0.3) is 22.5 Å². The second kappa shape index (κ2) is 8.94. The minimum absolute atomic E-state index is 0.105. The molecule has 5 rings (SSSR count). The maximum atomic E-state index is 13.3. The van der Waals surface area contributed by atoms with E-state index in [1.165, 1.54) is 16.0 Å². The SMILES string of the molecule is Cc1nc2c(s1)CCN(C(=O)Cn1nc(-c3ccc(C)c(C)c3)cc1-c1ccccc1)CC2. The summed E-state index contributed by atoms with van der Waals surface area (Å²) in [5.74, 6) is 0.105. The number of thiazole rings is 1.